The molecule has 0 saturated carbocycles. The third kappa shape index (κ3) is 6.13. The molecule has 5 heteroatoms. The van der Waals surface area contributed by atoms with Crippen molar-refractivity contribution >= 4 is 11.8 Å². The molecule has 2 amide bonds. The van der Waals surface area contributed by atoms with Gasteiger partial charge in [0.15, 0.2) is 0 Å². The molecule has 0 aliphatic heterocycles. The van der Waals surface area contributed by atoms with E-state index in [0.29, 0.717) is 18.5 Å². The molecule has 19 heavy (non-hydrogen) atoms. The average molecular weight is 264 g/mol. The van der Waals surface area contributed by atoms with Crippen LogP contribution in [0, 0.1) is 0 Å². The molecule has 2 N–H and O–H groups in total. The van der Waals surface area contributed by atoms with Gasteiger partial charge in [-0.25, -0.2) is 0 Å². The van der Waals surface area contributed by atoms with Crippen LogP contribution in [0.1, 0.15) is 23.7 Å². The summed E-state index contributed by atoms with van der Waals surface area (Å²) in [7, 11) is 1.77. The SMILES string of the molecule is CC(O)CCN(C)CC(=O)NC(=O)c1ccccc1. The standard InChI is InChI=1S/C14H20N2O3/c1-11(17)8-9-16(2)10-13(18)15-14(19)12-6-4-3-5-7-12/h3-7,11,17H,8-10H2,1-2H3,(H,15,18,19). The second-order valence-electron chi connectivity index (χ2n) is 4.62. The molecule has 1 atom stereocenters. The molecule has 0 aromatic heterocycles. The van der Waals surface area contributed by atoms with Gasteiger partial charge in [-0.05, 0) is 32.5 Å². The molecule has 0 aliphatic rings. The average Bonchev–Trinajstić information content (AvgIpc) is 2.37. The number of rotatable bonds is 6. The first-order valence-corrected chi connectivity index (χ1v) is 6.25. The topological polar surface area (TPSA) is 69.6 Å². The van der Waals surface area contributed by atoms with Crippen molar-refractivity contribution in [1.29, 1.82) is 0 Å². The zero-order valence-corrected chi connectivity index (χ0v) is 11.3. The predicted octanol–water partition coefficient (Wildman–Crippen LogP) is 0.646. The van der Waals surface area contributed by atoms with Crippen LogP contribution >= 0.6 is 0 Å². The molecule has 1 aromatic carbocycles. The summed E-state index contributed by atoms with van der Waals surface area (Å²) in [5.74, 6) is -0.739. The number of carbonyl (C=O) groups excluding carboxylic acids is 2. The van der Waals surface area contributed by atoms with Crippen LogP contribution in [-0.4, -0.2) is 48.1 Å². The largest absolute Gasteiger partial charge is 0.393 e. The summed E-state index contributed by atoms with van der Waals surface area (Å²) in [6.07, 6.45) is 0.201. The van der Waals surface area contributed by atoms with Crippen LogP contribution < -0.4 is 5.32 Å². The molecular weight excluding hydrogens is 244 g/mol. The maximum absolute atomic E-state index is 11.7. The Morgan fingerprint density at radius 2 is 1.95 bits per heavy atom. The second kappa shape index (κ2) is 7.66. The molecule has 0 spiro atoms. The second-order valence-corrected chi connectivity index (χ2v) is 4.62. The van der Waals surface area contributed by atoms with Crippen LogP contribution in [0.3, 0.4) is 0 Å². The maximum Gasteiger partial charge on any atom is 0.257 e. The fourth-order valence-corrected chi connectivity index (χ4v) is 1.56. The van der Waals surface area contributed by atoms with E-state index in [0.717, 1.165) is 0 Å². The Labute approximate surface area is 113 Å². The molecule has 0 radical (unpaired) electrons. The Bertz CT molecular complexity index is 418. The van der Waals surface area contributed by atoms with Gasteiger partial charge < -0.3 is 5.11 Å². The summed E-state index contributed by atoms with van der Waals surface area (Å²) >= 11 is 0. The predicted molar refractivity (Wildman–Crippen MR) is 72.7 cm³/mol. The van der Waals surface area contributed by atoms with Gasteiger partial charge in [-0.1, -0.05) is 18.2 Å². The van der Waals surface area contributed by atoms with Crippen LogP contribution in [0.25, 0.3) is 0 Å². The lowest BCUT2D eigenvalue weighted by molar-refractivity contribution is -0.121. The lowest BCUT2D eigenvalue weighted by Crippen LogP contribution is -2.39. The minimum Gasteiger partial charge on any atom is -0.393 e. The first kappa shape index (κ1) is 15.3. The van der Waals surface area contributed by atoms with Crippen molar-refractivity contribution in [2.24, 2.45) is 0 Å². The first-order chi connectivity index (χ1) is 8.99. The van der Waals surface area contributed by atoms with Crippen molar-refractivity contribution < 1.29 is 14.7 Å². The van der Waals surface area contributed by atoms with Crippen molar-refractivity contribution in [3.05, 3.63) is 35.9 Å². The summed E-state index contributed by atoms with van der Waals surface area (Å²) in [5, 5.41) is 11.5. The van der Waals surface area contributed by atoms with Gasteiger partial charge in [0, 0.05) is 12.1 Å². The summed E-state index contributed by atoms with van der Waals surface area (Å²) in [6.45, 7) is 2.43. The molecule has 0 bridgehead atoms. The van der Waals surface area contributed by atoms with E-state index in [-0.39, 0.29) is 12.5 Å². The van der Waals surface area contributed by atoms with E-state index in [1.165, 1.54) is 0 Å². The lowest BCUT2D eigenvalue weighted by atomic mass is 10.2. The van der Waals surface area contributed by atoms with Crippen LogP contribution in [0.5, 0.6) is 0 Å². The lowest BCUT2D eigenvalue weighted by Gasteiger charge is -2.16. The summed E-state index contributed by atoms with van der Waals surface area (Å²) in [5.41, 5.74) is 0.461. The third-order valence-corrected chi connectivity index (χ3v) is 2.63. The Morgan fingerprint density at radius 1 is 1.32 bits per heavy atom. The highest BCUT2D eigenvalue weighted by Crippen LogP contribution is 1.98. The molecule has 1 rings (SSSR count). The number of carbonyl (C=O) groups is 2. The molecule has 0 saturated heterocycles. The smallest absolute Gasteiger partial charge is 0.257 e. The van der Waals surface area contributed by atoms with E-state index in [1.807, 2.05) is 6.07 Å². The summed E-state index contributed by atoms with van der Waals surface area (Å²) < 4.78 is 0. The maximum atomic E-state index is 11.7. The highest BCUT2D eigenvalue weighted by molar-refractivity contribution is 6.05. The van der Waals surface area contributed by atoms with Crippen molar-refractivity contribution in [1.82, 2.24) is 10.2 Å². The molecule has 0 heterocycles. The van der Waals surface area contributed by atoms with E-state index in [1.54, 1.807) is 43.1 Å². The molecule has 104 valence electrons. The number of hydrogen-bond donors (Lipinski definition) is 2. The number of benzene rings is 1. The van der Waals surface area contributed by atoms with E-state index in [2.05, 4.69) is 5.32 Å². The number of nitrogens with zero attached hydrogens (tertiary/aromatic N) is 1. The van der Waals surface area contributed by atoms with Gasteiger partial charge >= 0.3 is 0 Å². The van der Waals surface area contributed by atoms with Crippen molar-refractivity contribution in [2.75, 3.05) is 20.1 Å². The fourth-order valence-electron chi connectivity index (χ4n) is 1.56. The van der Waals surface area contributed by atoms with Gasteiger partial charge in [0.05, 0.1) is 12.6 Å². The summed E-state index contributed by atoms with van der Waals surface area (Å²) in [4.78, 5) is 25.1. The van der Waals surface area contributed by atoms with Gasteiger partial charge in [-0.15, -0.1) is 0 Å². The molecule has 0 aliphatic carbocycles. The number of aliphatic hydroxyl groups is 1. The van der Waals surface area contributed by atoms with Crippen molar-refractivity contribution in [3.63, 3.8) is 0 Å². The summed E-state index contributed by atoms with van der Waals surface area (Å²) in [6, 6.07) is 8.60. The van der Waals surface area contributed by atoms with Crippen LogP contribution in [0.15, 0.2) is 30.3 Å². The van der Waals surface area contributed by atoms with Gasteiger partial charge in [0.1, 0.15) is 0 Å². The highest BCUT2D eigenvalue weighted by Gasteiger charge is 2.12. The van der Waals surface area contributed by atoms with Crippen molar-refractivity contribution in [3.8, 4) is 0 Å². The first-order valence-electron chi connectivity index (χ1n) is 6.25. The number of imide groups is 1. The Morgan fingerprint density at radius 3 is 2.53 bits per heavy atom. The molecule has 0 fully saturated rings. The van der Waals surface area contributed by atoms with Gasteiger partial charge in [0.25, 0.3) is 5.91 Å². The highest BCUT2D eigenvalue weighted by atomic mass is 16.3. The Kier molecular flexibility index (Phi) is 6.18. The number of aliphatic hydroxyl groups excluding tert-OH is 1. The zero-order valence-electron chi connectivity index (χ0n) is 11.3. The van der Waals surface area contributed by atoms with E-state index in [9.17, 15) is 9.59 Å². The number of amides is 2. The number of nitrogens with one attached hydrogen (secondary N) is 1. The van der Waals surface area contributed by atoms with Gasteiger partial charge in [-0.2, -0.15) is 0 Å². The number of hydrogen-bond acceptors (Lipinski definition) is 4. The third-order valence-electron chi connectivity index (χ3n) is 2.63. The van der Waals surface area contributed by atoms with Crippen LogP contribution in [-0.2, 0) is 4.79 Å². The molecular formula is C14H20N2O3. The van der Waals surface area contributed by atoms with E-state index in [4.69, 9.17) is 5.11 Å². The number of likely N-dealkylation sites (N-methyl/N-ethyl adjacent to an activating group) is 1. The van der Waals surface area contributed by atoms with E-state index < -0.39 is 12.0 Å². The quantitative estimate of drug-likeness (QED) is 0.791. The molecule has 1 unspecified atom stereocenters. The minimum atomic E-state index is -0.394. The monoisotopic (exact) mass is 264 g/mol. The Hall–Kier alpha value is -1.72. The molecule has 5 nitrogen and oxygen atoms in total. The fraction of sp³-hybridized carbons (Fsp3) is 0.429. The molecule has 1 aromatic rings. The van der Waals surface area contributed by atoms with Crippen molar-refractivity contribution in [2.45, 2.75) is 19.4 Å². The van der Waals surface area contributed by atoms with E-state index >= 15 is 0 Å². The van der Waals surface area contributed by atoms with Crippen LogP contribution in [0.4, 0.5) is 0 Å². The Balaban J connectivity index is 2.37. The van der Waals surface area contributed by atoms with Gasteiger partial charge in [-0.3, -0.25) is 19.8 Å². The van der Waals surface area contributed by atoms with Gasteiger partial charge in [0.2, 0.25) is 5.91 Å². The normalized spacial score (nSPS) is 12.2. The van der Waals surface area contributed by atoms with Crippen LogP contribution in [0.2, 0.25) is 0 Å². The minimum absolute atomic E-state index is 0.130. The zero-order chi connectivity index (χ0) is 14.3.